The first-order chi connectivity index (χ1) is 7.95. The van der Waals surface area contributed by atoms with Crippen LogP contribution in [-0.4, -0.2) is 23.7 Å². The number of carbonyl (C=O) groups is 1. The van der Waals surface area contributed by atoms with Crippen LogP contribution in [0, 0.1) is 12.8 Å². The molecular weight excluding hydrogens is 282 g/mol. The zero-order chi connectivity index (χ0) is 13.0. The molecular formula is C13H18BrNO2. The Morgan fingerprint density at radius 1 is 1.47 bits per heavy atom. The summed E-state index contributed by atoms with van der Waals surface area (Å²) >= 11 is 3.38. The maximum Gasteiger partial charge on any atom is 0.252 e. The highest BCUT2D eigenvalue weighted by Crippen LogP contribution is 2.18. The van der Waals surface area contributed by atoms with E-state index in [-0.39, 0.29) is 24.5 Å². The summed E-state index contributed by atoms with van der Waals surface area (Å²) in [5.41, 5.74) is 1.72. The lowest BCUT2D eigenvalue weighted by Gasteiger charge is -2.19. The molecule has 1 amide bonds. The van der Waals surface area contributed by atoms with E-state index in [0.29, 0.717) is 5.56 Å². The zero-order valence-corrected chi connectivity index (χ0v) is 11.9. The Bertz CT molecular complexity index is 406. The van der Waals surface area contributed by atoms with Crippen LogP contribution < -0.4 is 5.32 Å². The van der Waals surface area contributed by atoms with Crippen LogP contribution in [0.1, 0.15) is 29.8 Å². The highest BCUT2D eigenvalue weighted by atomic mass is 79.9. The Morgan fingerprint density at radius 2 is 2.12 bits per heavy atom. The average Bonchev–Trinajstić information content (AvgIpc) is 2.27. The number of hydrogen-bond donors (Lipinski definition) is 2. The molecule has 0 aromatic heterocycles. The van der Waals surface area contributed by atoms with Crippen molar-refractivity contribution < 1.29 is 9.90 Å². The van der Waals surface area contributed by atoms with Crippen LogP contribution in [0.25, 0.3) is 0 Å². The van der Waals surface area contributed by atoms with E-state index in [1.807, 2.05) is 32.9 Å². The van der Waals surface area contributed by atoms with Gasteiger partial charge in [0.25, 0.3) is 5.91 Å². The molecule has 0 spiro atoms. The molecule has 2 N–H and O–H groups in total. The SMILES string of the molecule is Cc1ccc(C(=O)NC(C)C(C)CO)c(Br)c1. The van der Waals surface area contributed by atoms with E-state index in [1.54, 1.807) is 6.07 Å². The van der Waals surface area contributed by atoms with Crippen LogP contribution in [0.3, 0.4) is 0 Å². The third-order valence-electron chi connectivity index (χ3n) is 2.87. The Kier molecular flexibility index (Phi) is 5.15. The molecule has 0 heterocycles. The summed E-state index contributed by atoms with van der Waals surface area (Å²) in [6.45, 7) is 5.83. The first kappa shape index (κ1) is 14.2. The molecule has 4 heteroatoms. The van der Waals surface area contributed by atoms with Gasteiger partial charge in [0, 0.05) is 17.1 Å². The Morgan fingerprint density at radius 3 is 2.65 bits per heavy atom. The number of hydrogen-bond acceptors (Lipinski definition) is 2. The van der Waals surface area contributed by atoms with Crippen molar-refractivity contribution in [3.63, 3.8) is 0 Å². The second-order valence-corrected chi connectivity index (χ2v) is 5.26. The molecule has 2 atom stereocenters. The molecule has 0 radical (unpaired) electrons. The molecule has 0 aliphatic rings. The van der Waals surface area contributed by atoms with E-state index in [0.717, 1.165) is 10.0 Å². The quantitative estimate of drug-likeness (QED) is 0.897. The van der Waals surface area contributed by atoms with Crippen molar-refractivity contribution in [1.29, 1.82) is 0 Å². The van der Waals surface area contributed by atoms with Crippen molar-refractivity contribution in [1.82, 2.24) is 5.32 Å². The standard InChI is InChI=1S/C13H18BrNO2/c1-8-4-5-11(12(14)6-8)13(17)15-10(3)9(2)7-16/h4-6,9-10,16H,7H2,1-3H3,(H,15,17). The molecule has 1 aromatic rings. The van der Waals surface area contributed by atoms with Gasteiger partial charge in [-0.25, -0.2) is 0 Å². The number of benzene rings is 1. The van der Waals surface area contributed by atoms with Crippen LogP contribution in [0.5, 0.6) is 0 Å². The smallest absolute Gasteiger partial charge is 0.252 e. The minimum atomic E-state index is -0.121. The van der Waals surface area contributed by atoms with Crippen molar-refractivity contribution in [2.45, 2.75) is 26.8 Å². The largest absolute Gasteiger partial charge is 0.396 e. The fourth-order valence-corrected chi connectivity index (χ4v) is 2.06. The number of nitrogens with one attached hydrogen (secondary N) is 1. The molecule has 3 nitrogen and oxygen atoms in total. The number of halogens is 1. The normalized spacial score (nSPS) is 14.2. The maximum atomic E-state index is 12.0. The van der Waals surface area contributed by atoms with E-state index >= 15 is 0 Å². The lowest BCUT2D eigenvalue weighted by atomic mass is 10.0. The topological polar surface area (TPSA) is 49.3 Å². The van der Waals surface area contributed by atoms with Gasteiger partial charge in [0.15, 0.2) is 0 Å². The Labute approximate surface area is 110 Å². The van der Waals surface area contributed by atoms with E-state index in [4.69, 9.17) is 5.11 Å². The number of aliphatic hydroxyl groups is 1. The molecule has 0 bridgehead atoms. The first-order valence-corrected chi connectivity index (χ1v) is 6.43. The zero-order valence-electron chi connectivity index (χ0n) is 10.3. The second kappa shape index (κ2) is 6.17. The molecule has 1 rings (SSSR count). The average molecular weight is 300 g/mol. The summed E-state index contributed by atoms with van der Waals surface area (Å²) < 4.78 is 0.791. The predicted octanol–water partition coefficient (Wildman–Crippen LogP) is 2.50. The second-order valence-electron chi connectivity index (χ2n) is 4.41. The molecule has 1 aromatic carbocycles. The van der Waals surface area contributed by atoms with E-state index in [2.05, 4.69) is 21.2 Å². The third-order valence-corrected chi connectivity index (χ3v) is 3.53. The molecule has 0 saturated heterocycles. The summed E-state index contributed by atoms with van der Waals surface area (Å²) in [4.78, 5) is 12.0. The van der Waals surface area contributed by atoms with Gasteiger partial charge in [-0.15, -0.1) is 0 Å². The number of carbonyl (C=O) groups excluding carboxylic acids is 1. The van der Waals surface area contributed by atoms with Crippen molar-refractivity contribution >= 4 is 21.8 Å². The fourth-order valence-electron chi connectivity index (χ4n) is 1.39. The van der Waals surface area contributed by atoms with E-state index < -0.39 is 0 Å². The fraction of sp³-hybridized carbons (Fsp3) is 0.462. The molecule has 0 aliphatic heterocycles. The lowest BCUT2D eigenvalue weighted by molar-refractivity contribution is 0.0915. The predicted molar refractivity (Wildman–Crippen MR) is 72.1 cm³/mol. The van der Waals surface area contributed by atoms with Gasteiger partial charge in [0.2, 0.25) is 0 Å². The van der Waals surface area contributed by atoms with Crippen LogP contribution in [0.15, 0.2) is 22.7 Å². The summed E-state index contributed by atoms with van der Waals surface area (Å²) in [5.74, 6) is -0.0761. The lowest BCUT2D eigenvalue weighted by Crippen LogP contribution is -2.38. The van der Waals surface area contributed by atoms with Gasteiger partial charge < -0.3 is 10.4 Å². The van der Waals surface area contributed by atoms with Gasteiger partial charge in [-0.2, -0.15) is 0 Å². The molecule has 2 unspecified atom stereocenters. The highest BCUT2D eigenvalue weighted by Gasteiger charge is 2.16. The molecule has 0 saturated carbocycles. The van der Waals surface area contributed by atoms with Crippen LogP contribution in [0.4, 0.5) is 0 Å². The van der Waals surface area contributed by atoms with Crippen molar-refractivity contribution in [3.05, 3.63) is 33.8 Å². The van der Waals surface area contributed by atoms with Gasteiger partial charge in [0.1, 0.15) is 0 Å². The monoisotopic (exact) mass is 299 g/mol. The number of amides is 1. The summed E-state index contributed by atoms with van der Waals surface area (Å²) in [7, 11) is 0. The Hall–Kier alpha value is -0.870. The van der Waals surface area contributed by atoms with Crippen molar-refractivity contribution in [3.8, 4) is 0 Å². The summed E-state index contributed by atoms with van der Waals surface area (Å²) in [6, 6.07) is 5.56. The third kappa shape index (κ3) is 3.82. The van der Waals surface area contributed by atoms with Gasteiger partial charge in [0.05, 0.1) is 5.56 Å². The van der Waals surface area contributed by atoms with Gasteiger partial charge in [-0.3, -0.25) is 4.79 Å². The number of aryl methyl sites for hydroxylation is 1. The van der Waals surface area contributed by atoms with Crippen LogP contribution in [0.2, 0.25) is 0 Å². The molecule has 0 fully saturated rings. The molecule has 0 aliphatic carbocycles. The maximum absolute atomic E-state index is 12.0. The van der Waals surface area contributed by atoms with Gasteiger partial charge >= 0.3 is 0 Å². The highest BCUT2D eigenvalue weighted by molar-refractivity contribution is 9.10. The van der Waals surface area contributed by atoms with Crippen LogP contribution >= 0.6 is 15.9 Å². The summed E-state index contributed by atoms with van der Waals surface area (Å²) in [6.07, 6.45) is 0. The minimum absolute atomic E-state index is 0.0446. The van der Waals surface area contributed by atoms with Crippen LogP contribution in [-0.2, 0) is 0 Å². The Balaban J connectivity index is 2.76. The van der Waals surface area contributed by atoms with Crippen molar-refractivity contribution in [2.75, 3.05) is 6.61 Å². The summed E-state index contributed by atoms with van der Waals surface area (Å²) in [5, 5.41) is 11.9. The number of rotatable bonds is 4. The molecule has 17 heavy (non-hydrogen) atoms. The van der Waals surface area contributed by atoms with Gasteiger partial charge in [-0.05, 0) is 53.4 Å². The van der Waals surface area contributed by atoms with E-state index in [1.165, 1.54) is 0 Å². The van der Waals surface area contributed by atoms with Gasteiger partial charge in [-0.1, -0.05) is 13.0 Å². The number of aliphatic hydroxyl groups excluding tert-OH is 1. The first-order valence-electron chi connectivity index (χ1n) is 5.63. The van der Waals surface area contributed by atoms with E-state index in [9.17, 15) is 4.79 Å². The minimum Gasteiger partial charge on any atom is -0.396 e. The van der Waals surface area contributed by atoms with Crippen molar-refractivity contribution in [2.24, 2.45) is 5.92 Å². The molecule has 94 valence electrons.